The van der Waals surface area contributed by atoms with Gasteiger partial charge in [-0.05, 0) is 59.4 Å². The molecule has 0 bridgehead atoms. The van der Waals surface area contributed by atoms with Gasteiger partial charge in [0.25, 0.3) is 0 Å². The van der Waals surface area contributed by atoms with E-state index in [1.165, 1.54) is 12.8 Å². The first-order valence-corrected chi connectivity index (χ1v) is 8.02. The van der Waals surface area contributed by atoms with Crippen LogP contribution in [0.15, 0.2) is 0 Å². The summed E-state index contributed by atoms with van der Waals surface area (Å²) in [7, 11) is 1.75. The minimum Gasteiger partial charge on any atom is -0.480 e. The summed E-state index contributed by atoms with van der Waals surface area (Å²) in [6.07, 6.45) is 2.98. The summed E-state index contributed by atoms with van der Waals surface area (Å²) in [5, 5.41) is 12.8. The summed E-state index contributed by atoms with van der Waals surface area (Å²) in [4.78, 5) is 14.1. The van der Waals surface area contributed by atoms with E-state index >= 15 is 0 Å². The fourth-order valence-electron chi connectivity index (χ4n) is 3.43. The molecule has 0 spiro atoms. The lowest BCUT2D eigenvalue weighted by molar-refractivity contribution is -0.145. The zero-order chi connectivity index (χ0) is 16.0. The molecule has 3 unspecified atom stereocenters. The third-order valence-corrected chi connectivity index (χ3v) is 4.36. The quantitative estimate of drug-likeness (QED) is 0.717. The van der Waals surface area contributed by atoms with Crippen molar-refractivity contribution in [1.29, 1.82) is 0 Å². The second-order valence-electron chi connectivity index (χ2n) is 6.95. The number of methoxy groups -OCH3 is 1. The Bertz CT molecular complexity index is 333. The molecule has 124 valence electrons. The van der Waals surface area contributed by atoms with Gasteiger partial charge in [-0.2, -0.15) is 0 Å². The molecule has 0 saturated carbocycles. The first-order valence-electron chi connectivity index (χ1n) is 8.02. The summed E-state index contributed by atoms with van der Waals surface area (Å²) >= 11 is 0. The van der Waals surface area contributed by atoms with E-state index in [1.54, 1.807) is 14.0 Å². The number of nitrogens with one attached hydrogen (secondary N) is 1. The molecule has 1 saturated heterocycles. The lowest BCUT2D eigenvalue weighted by Gasteiger charge is -2.40. The topological polar surface area (TPSA) is 61.8 Å². The predicted octanol–water partition coefficient (Wildman–Crippen LogP) is 1.96. The van der Waals surface area contributed by atoms with Gasteiger partial charge in [0.15, 0.2) is 0 Å². The number of carboxylic acids is 1. The maximum Gasteiger partial charge on any atom is 0.323 e. The molecular formula is C16H32N2O3. The lowest BCUT2D eigenvalue weighted by Crippen LogP contribution is -2.56. The first kappa shape index (κ1) is 18.4. The van der Waals surface area contributed by atoms with E-state index in [0.717, 1.165) is 19.7 Å². The van der Waals surface area contributed by atoms with Crippen LogP contribution >= 0.6 is 0 Å². The predicted molar refractivity (Wildman–Crippen MR) is 84.6 cm³/mol. The Kier molecular flexibility index (Phi) is 7.10. The molecule has 1 aliphatic heterocycles. The van der Waals surface area contributed by atoms with Gasteiger partial charge in [0.1, 0.15) is 5.54 Å². The number of ether oxygens (including phenoxy) is 1. The van der Waals surface area contributed by atoms with Crippen LogP contribution in [0.5, 0.6) is 0 Å². The molecular weight excluding hydrogens is 268 g/mol. The van der Waals surface area contributed by atoms with Crippen LogP contribution in [-0.2, 0) is 9.53 Å². The highest BCUT2D eigenvalue weighted by Gasteiger charge is 2.37. The number of nitrogens with zero attached hydrogens (tertiary/aromatic N) is 1. The molecule has 2 N–H and O–H groups in total. The van der Waals surface area contributed by atoms with Crippen molar-refractivity contribution in [2.45, 2.75) is 64.6 Å². The summed E-state index contributed by atoms with van der Waals surface area (Å²) in [6, 6.07) is 0.401. The first-order chi connectivity index (χ1) is 9.78. The van der Waals surface area contributed by atoms with Gasteiger partial charge < -0.3 is 14.7 Å². The Morgan fingerprint density at radius 3 is 2.67 bits per heavy atom. The fraction of sp³-hybridized carbons (Fsp3) is 0.938. The molecule has 0 aliphatic carbocycles. The number of hydrogen-bond acceptors (Lipinski definition) is 4. The molecule has 1 aliphatic rings. The Morgan fingerprint density at radius 2 is 2.14 bits per heavy atom. The highest BCUT2D eigenvalue weighted by atomic mass is 16.5. The van der Waals surface area contributed by atoms with E-state index in [4.69, 9.17) is 4.74 Å². The van der Waals surface area contributed by atoms with Crippen LogP contribution < -0.4 is 5.32 Å². The molecule has 1 fully saturated rings. The highest BCUT2D eigenvalue weighted by Crippen LogP contribution is 2.23. The summed E-state index contributed by atoms with van der Waals surface area (Å²) < 4.78 is 5.27. The van der Waals surface area contributed by atoms with Crippen molar-refractivity contribution in [2.75, 3.05) is 26.8 Å². The van der Waals surface area contributed by atoms with E-state index in [1.807, 2.05) is 13.8 Å². The normalized spacial score (nSPS) is 24.8. The zero-order valence-electron chi connectivity index (χ0n) is 14.2. The van der Waals surface area contributed by atoms with Gasteiger partial charge in [0.05, 0.1) is 6.61 Å². The van der Waals surface area contributed by atoms with Crippen LogP contribution in [0.3, 0.4) is 0 Å². The average Bonchev–Trinajstić information content (AvgIpc) is 2.38. The van der Waals surface area contributed by atoms with E-state index in [-0.39, 0.29) is 12.1 Å². The van der Waals surface area contributed by atoms with Crippen LogP contribution in [0.4, 0.5) is 0 Å². The zero-order valence-corrected chi connectivity index (χ0v) is 14.2. The van der Waals surface area contributed by atoms with Crippen molar-refractivity contribution in [3.05, 3.63) is 0 Å². The number of carboxylic acid groups (broad SMARTS) is 1. The summed E-state index contributed by atoms with van der Waals surface area (Å²) in [6.45, 7) is 10.8. The Morgan fingerprint density at radius 1 is 1.48 bits per heavy atom. The summed E-state index contributed by atoms with van der Waals surface area (Å²) in [5.74, 6) is -0.200. The average molecular weight is 300 g/mol. The molecule has 0 aromatic heterocycles. The van der Waals surface area contributed by atoms with E-state index < -0.39 is 11.5 Å². The van der Waals surface area contributed by atoms with Gasteiger partial charge in [-0.25, -0.2) is 0 Å². The van der Waals surface area contributed by atoms with Crippen LogP contribution in [-0.4, -0.2) is 60.4 Å². The molecule has 0 aromatic rings. The van der Waals surface area contributed by atoms with Gasteiger partial charge in [-0.3, -0.25) is 10.1 Å². The van der Waals surface area contributed by atoms with Gasteiger partial charge in [-0.15, -0.1) is 0 Å². The van der Waals surface area contributed by atoms with Crippen LogP contribution in [0.25, 0.3) is 0 Å². The molecule has 0 radical (unpaired) electrons. The second-order valence-corrected chi connectivity index (χ2v) is 6.95. The van der Waals surface area contributed by atoms with Gasteiger partial charge in [0.2, 0.25) is 0 Å². The molecule has 3 atom stereocenters. The molecule has 1 heterocycles. The Labute approximate surface area is 129 Å². The van der Waals surface area contributed by atoms with Gasteiger partial charge in [-0.1, -0.05) is 0 Å². The molecule has 1 rings (SSSR count). The molecule has 5 nitrogen and oxygen atoms in total. The Balaban J connectivity index is 2.64. The van der Waals surface area contributed by atoms with Crippen molar-refractivity contribution in [1.82, 2.24) is 10.2 Å². The maximum absolute atomic E-state index is 11.6. The molecule has 0 amide bonds. The number of aliphatic carboxylic acids is 1. The van der Waals surface area contributed by atoms with E-state index in [9.17, 15) is 9.90 Å². The third kappa shape index (κ3) is 5.57. The minimum atomic E-state index is -0.873. The molecule has 5 heteroatoms. The van der Waals surface area contributed by atoms with Gasteiger partial charge in [0, 0.05) is 25.7 Å². The molecule has 0 aromatic carbocycles. The van der Waals surface area contributed by atoms with Crippen LogP contribution in [0, 0.1) is 5.92 Å². The number of carbonyl (C=O) groups is 1. The van der Waals surface area contributed by atoms with Crippen molar-refractivity contribution in [3.8, 4) is 0 Å². The van der Waals surface area contributed by atoms with Crippen LogP contribution in [0.1, 0.15) is 47.0 Å². The second kappa shape index (κ2) is 8.11. The number of hydrogen-bond donors (Lipinski definition) is 2. The smallest absolute Gasteiger partial charge is 0.323 e. The van der Waals surface area contributed by atoms with Crippen molar-refractivity contribution in [3.63, 3.8) is 0 Å². The van der Waals surface area contributed by atoms with Crippen molar-refractivity contribution in [2.24, 2.45) is 5.92 Å². The molecule has 21 heavy (non-hydrogen) atoms. The van der Waals surface area contributed by atoms with Gasteiger partial charge >= 0.3 is 5.97 Å². The third-order valence-electron chi connectivity index (χ3n) is 4.36. The summed E-state index contributed by atoms with van der Waals surface area (Å²) in [5.41, 5.74) is -0.873. The van der Waals surface area contributed by atoms with Crippen molar-refractivity contribution >= 4 is 5.97 Å². The van der Waals surface area contributed by atoms with Crippen LogP contribution in [0.2, 0.25) is 0 Å². The van der Waals surface area contributed by atoms with E-state index in [2.05, 4.69) is 17.1 Å². The SMILES string of the molecule is COCC1CCCN(C(C)CC(C)(NC(C)C)C(=O)O)C1. The number of piperidine rings is 1. The maximum atomic E-state index is 11.6. The highest BCUT2D eigenvalue weighted by molar-refractivity contribution is 5.78. The largest absolute Gasteiger partial charge is 0.480 e. The minimum absolute atomic E-state index is 0.154. The van der Waals surface area contributed by atoms with Crippen molar-refractivity contribution < 1.29 is 14.6 Å². The Hall–Kier alpha value is -0.650. The number of rotatable bonds is 8. The number of likely N-dealkylation sites (tertiary alicyclic amines) is 1. The lowest BCUT2D eigenvalue weighted by atomic mass is 9.90. The fourth-order valence-corrected chi connectivity index (χ4v) is 3.43. The monoisotopic (exact) mass is 300 g/mol. The van der Waals surface area contributed by atoms with E-state index in [0.29, 0.717) is 12.3 Å². The standard InChI is InChI=1S/C16H32N2O3/c1-12(2)17-16(4,15(19)20)9-13(3)18-8-6-7-14(10-18)11-21-5/h12-14,17H,6-11H2,1-5H3,(H,19,20).